The highest BCUT2D eigenvalue weighted by Crippen LogP contribution is 2.21. The third kappa shape index (κ3) is 3.43. The van der Waals surface area contributed by atoms with Gasteiger partial charge in [-0.3, -0.25) is 9.78 Å². The number of hydrogen-bond acceptors (Lipinski definition) is 4. The molecule has 1 aliphatic rings. The molecule has 0 aromatic carbocycles. The number of amides is 1. The lowest BCUT2D eigenvalue weighted by atomic mass is 10.3. The lowest BCUT2D eigenvalue weighted by molar-refractivity contribution is 0.0946. The largest absolute Gasteiger partial charge is 0.356 e. The fraction of sp³-hybridized carbons (Fsp3) is 0.333. The van der Waals surface area contributed by atoms with Crippen molar-refractivity contribution < 1.29 is 13.2 Å². The number of hydrogen-bond donors (Lipinski definition) is 2. The lowest BCUT2D eigenvalue weighted by Crippen LogP contribution is -2.27. The highest BCUT2D eigenvalue weighted by molar-refractivity contribution is 7.89. The van der Waals surface area contributed by atoms with E-state index < -0.39 is 10.0 Å². The van der Waals surface area contributed by atoms with E-state index in [1.165, 1.54) is 16.6 Å². The van der Waals surface area contributed by atoms with Crippen LogP contribution in [0.1, 0.15) is 29.0 Å². The van der Waals surface area contributed by atoms with Crippen molar-refractivity contribution in [2.24, 2.45) is 0 Å². The Hall–Kier alpha value is -2.19. The molecular weight excluding hydrogens is 316 g/mol. The number of sulfonamides is 1. The second-order valence-corrected chi connectivity index (χ2v) is 7.30. The van der Waals surface area contributed by atoms with Crippen molar-refractivity contribution in [3.63, 3.8) is 0 Å². The fourth-order valence-corrected chi connectivity index (χ4v) is 4.01. The maximum Gasteiger partial charge on any atom is 0.268 e. The van der Waals surface area contributed by atoms with E-state index >= 15 is 0 Å². The van der Waals surface area contributed by atoms with E-state index in [2.05, 4.69) is 15.3 Å². The van der Waals surface area contributed by atoms with Crippen LogP contribution in [-0.2, 0) is 16.6 Å². The average molecular weight is 334 g/mol. The molecule has 0 saturated carbocycles. The molecule has 1 amide bonds. The number of H-pyrrole nitrogens is 1. The first-order valence-corrected chi connectivity index (χ1v) is 8.88. The van der Waals surface area contributed by atoms with Gasteiger partial charge in [-0.2, -0.15) is 4.31 Å². The predicted octanol–water partition coefficient (Wildman–Crippen LogP) is 1.12. The predicted molar refractivity (Wildman–Crippen MR) is 84.2 cm³/mol. The summed E-state index contributed by atoms with van der Waals surface area (Å²) >= 11 is 0. The zero-order valence-electron chi connectivity index (χ0n) is 12.5. The van der Waals surface area contributed by atoms with Crippen LogP contribution in [0.25, 0.3) is 0 Å². The number of nitrogens with zero attached hydrogens (tertiary/aromatic N) is 2. The first-order chi connectivity index (χ1) is 11.1. The summed E-state index contributed by atoms with van der Waals surface area (Å²) in [5.74, 6) is -0.362. The summed E-state index contributed by atoms with van der Waals surface area (Å²) < 4.78 is 26.3. The van der Waals surface area contributed by atoms with Gasteiger partial charge in [0.25, 0.3) is 5.91 Å². The van der Waals surface area contributed by atoms with E-state index in [9.17, 15) is 13.2 Å². The van der Waals surface area contributed by atoms with Crippen molar-refractivity contribution in [3.05, 3.63) is 48.0 Å². The van der Waals surface area contributed by atoms with E-state index in [0.717, 1.165) is 18.5 Å². The average Bonchev–Trinajstić information content (AvgIpc) is 3.25. The maximum absolute atomic E-state index is 12.4. The second kappa shape index (κ2) is 6.51. The Labute approximate surface area is 134 Å². The van der Waals surface area contributed by atoms with Gasteiger partial charge in [-0.05, 0) is 31.0 Å². The lowest BCUT2D eigenvalue weighted by Gasteiger charge is -2.13. The van der Waals surface area contributed by atoms with Crippen LogP contribution in [0.5, 0.6) is 0 Å². The molecule has 2 aromatic heterocycles. The zero-order valence-corrected chi connectivity index (χ0v) is 13.3. The highest BCUT2D eigenvalue weighted by atomic mass is 32.2. The van der Waals surface area contributed by atoms with Gasteiger partial charge >= 0.3 is 0 Å². The summed E-state index contributed by atoms with van der Waals surface area (Å²) in [5, 5.41) is 2.71. The van der Waals surface area contributed by atoms with Gasteiger partial charge < -0.3 is 10.3 Å². The zero-order chi connectivity index (χ0) is 16.3. The van der Waals surface area contributed by atoms with Gasteiger partial charge in [-0.15, -0.1) is 0 Å². The molecule has 1 saturated heterocycles. The standard InChI is InChI=1S/C15H18N4O3S/c20-15(18-10-12-5-1-2-6-16-12)14-9-13(11-17-14)23(21,22)19-7-3-4-8-19/h1-2,5-6,9,11,17H,3-4,7-8,10H2,(H,18,20). The molecule has 122 valence electrons. The van der Waals surface area contributed by atoms with Crippen molar-refractivity contribution >= 4 is 15.9 Å². The minimum atomic E-state index is -3.51. The highest BCUT2D eigenvalue weighted by Gasteiger charge is 2.28. The first-order valence-electron chi connectivity index (χ1n) is 7.44. The molecule has 0 bridgehead atoms. The van der Waals surface area contributed by atoms with Gasteiger partial charge in [0.2, 0.25) is 10.0 Å². The summed E-state index contributed by atoms with van der Waals surface area (Å²) in [5.41, 5.74) is 0.955. The van der Waals surface area contributed by atoms with Crippen LogP contribution in [0.3, 0.4) is 0 Å². The van der Waals surface area contributed by atoms with Crippen LogP contribution in [0.2, 0.25) is 0 Å². The van der Waals surface area contributed by atoms with E-state index in [1.807, 2.05) is 6.07 Å². The molecule has 3 heterocycles. The van der Waals surface area contributed by atoms with Crippen LogP contribution >= 0.6 is 0 Å². The Morgan fingerprint density at radius 2 is 2.09 bits per heavy atom. The van der Waals surface area contributed by atoms with Crippen LogP contribution < -0.4 is 5.32 Å². The summed E-state index contributed by atoms with van der Waals surface area (Å²) in [6.45, 7) is 1.36. The van der Waals surface area contributed by atoms with Crippen molar-refractivity contribution in [2.45, 2.75) is 24.3 Å². The normalized spacial score (nSPS) is 15.7. The molecule has 8 heteroatoms. The number of pyridine rings is 1. The van der Waals surface area contributed by atoms with Gasteiger partial charge in [0, 0.05) is 25.5 Å². The Bertz CT molecular complexity index is 780. The minimum absolute atomic E-state index is 0.127. The van der Waals surface area contributed by atoms with E-state index in [-0.39, 0.29) is 23.0 Å². The first kappa shape index (κ1) is 15.7. The molecule has 0 atom stereocenters. The van der Waals surface area contributed by atoms with E-state index in [1.54, 1.807) is 18.3 Å². The molecule has 0 spiro atoms. The van der Waals surface area contributed by atoms with Gasteiger partial charge in [-0.25, -0.2) is 8.42 Å². The molecule has 3 rings (SSSR count). The minimum Gasteiger partial charge on any atom is -0.356 e. The smallest absolute Gasteiger partial charge is 0.268 e. The number of nitrogens with one attached hydrogen (secondary N) is 2. The Kier molecular flexibility index (Phi) is 4.44. The Morgan fingerprint density at radius 1 is 1.30 bits per heavy atom. The maximum atomic E-state index is 12.4. The molecule has 0 radical (unpaired) electrons. The van der Waals surface area contributed by atoms with Crippen molar-refractivity contribution in [1.82, 2.24) is 19.6 Å². The molecule has 1 fully saturated rings. The van der Waals surface area contributed by atoms with Gasteiger partial charge in [0.15, 0.2) is 0 Å². The number of rotatable bonds is 5. The number of aromatic amines is 1. The number of carbonyl (C=O) groups is 1. The molecule has 2 N–H and O–H groups in total. The fourth-order valence-electron chi connectivity index (χ4n) is 2.50. The number of aromatic nitrogens is 2. The molecule has 0 unspecified atom stereocenters. The van der Waals surface area contributed by atoms with E-state index in [4.69, 9.17) is 0 Å². The van der Waals surface area contributed by atoms with Gasteiger partial charge in [0.1, 0.15) is 10.6 Å². The molecular formula is C15H18N4O3S. The number of carbonyl (C=O) groups excluding carboxylic acids is 1. The van der Waals surface area contributed by atoms with E-state index in [0.29, 0.717) is 13.1 Å². The van der Waals surface area contributed by atoms with Gasteiger partial charge in [0.05, 0.1) is 12.2 Å². The Balaban J connectivity index is 1.67. The molecule has 0 aliphatic carbocycles. The second-order valence-electron chi connectivity index (χ2n) is 5.36. The SMILES string of the molecule is O=C(NCc1ccccn1)c1cc(S(=O)(=O)N2CCCC2)c[nH]1. The summed E-state index contributed by atoms with van der Waals surface area (Å²) in [7, 11) is -3.51. The third-order valence-electron chi connectivity index (χ3n) is 3.76. The van der Waals surface area contributed by atoms with Crippen molar-refractivity contribution in [2.75, 3.05) is 13.1 Å². The summed E-state index contributed by atoms with van der Waals surface area (Å²) in [6.07, 6.45) is 4.77. The van der Waals surface area contributed by atoms with Crippen LogP contribution in [0, 0.1) is 0 Å². The Morgan fingerprint density at radius 3 is 2.78 bits per heavy atom. The quantitative estimate of drug-likeness (QED) is 0.857. The third-order valence-corrected chi connectivity index (χ3v) is 5.64. The molecule has 23 heavy (non-hydrogen) atoms. The van der Waals surface area contributed by atoms with Crippen LogP contribution in [0.15, 0.2) is 41.6 Å². The summed E-state index contributed by atoms with van der Waals surface area (Å²) in [6, 6.07) is 6.81. The summed E-state index contributed by atoms with van der Waals surface area (Å²) in [4.78, 5) is 19.1. The van der Waals surface area contributed by atoms with Crippen LogP contribution in [0.4, 0.5) is 0 Å². The topological polar surface area (TPSA) is 95.2 Å². The molecule has 1 aliphatic heterocycles. The molecule has 7 nitrogen and oxygen atoms in total. The van der Waals surface area contributed by atoms with Crippen molar-refractivity contribution in [3.8, 4) is 0 Å². The van der Waals surface area contributed by atoms with Crippen molar-refractivity contribution in [1.29, 1.82) is 0 Å². The van der Waals surface area contributed by atoms with Gasteiger partial charge in [-0.1, -0.05) is 6.07 Å². The monoisotopic (exact) mass is 334 g/mol. The van der Waals surface area contributed by atoms with Crippen LogP contribution in [-0.4, -0.2) is 41.7 Å². The molecule has 2 aromatic rings.